The van der Waals surface area contributed by atoms with Gasteiger partial charge in [-0.2, -0.15) is 0 Å². The summed E-state index contributed by atoms with van der Waals surface area (Å²) in [6.45, 7) is 7.83. The molecule has 0 fully saturated rings. The van der Waals surface area contributed by atoms with Crippen molar-refractivity contribution in [1.29, 1.82) is 0 Å². The zero-order valence-corrected chi connectivity index (χ0v) is 12.6. The molecule has 2 aromatic heterocycles. The van der Waals surface area contributed by atoms with Gasteiger partial charge in [0.2, 0.25) is 5.91 Å². The predicted octanol–water partition coefficient (Wildman–Crippen LogP) is 2.83. The quantitative estimate of drug-likeness (QED) is 0.811. The molecule has 0 radical (unpaired) electrons. The molecule has 0 aliphatic rings. The number of pyridine rings is 1. The summed E-state index contributed by atoms with van der Waals surface area (Å²) in [5.41, 5.74) is 2.93. The van der Waals surface area contributed by atoms with Crippen LogP contribution in [0.15, 0.2) is 24.5 Å². The van der Waals surface area contributed by atoms with E-state index >= 15 is 0 Å². The number of hydrogen-bond acceptors (Lipinski definition) is 2. The maximum absolute atomic E-state index is 12.3. The number of nitrogens with zero attached hydrogens (tertiary/aromatic N) is 3. The lowest BCUT2D eigenvalue weighted by molar-refractivity contribution is -0.130. The Labute approximate surface area is 120 Å². The predicted molar refractivity (Wildman–Crippen MR) is 80.8 cm³/mol. The number of aromatic nitrogens is 2. The standard InChI is InChI=1S/C16H23N3O/c1-4-6-8-18(5-2)16(20)11-14-12-19-9-7-13(3)10-15(19)17-14/h7,9-10,12H,4-6,8,11H2,1-3H3. The third-order valence-corrected chi connectivity index (χ3v) is 3.51. The Kier molecular flexibility index (Phi) is 4.77. The van der Waals surface area contributed by atoms with Gasteiger partial charge in [-0.3, -0.25) is 4.79 Å². The molecule has 0 saturated carbocycles. The first-order chi connectivity index (χ1) is 9.63. The summed E-state index contributed by atoms with van der Waals surface area (Å²) in [4.78, 5) is 18.7. The number of rotatable bonds is 6. The topological polar surface area (TPSA) is 37.6 Å². The number of hydrogen-bond donors (Lipinski definition) is 0. The summed E-state index contributed by atoms with van der Waals surface area (Å²) in [7, 11) is 0. The van der Waals surface area contributed by atoms with E-state index in [0.717, 1.165) is 37.3 Å². The molecule has 1 amide bonds. The lowest BCUT2D eigenvalue weighted by Crippen LogP contribution is -2.33. The summed E-state index contributed by atoms with van der Waals surface area (Å²) >= 11 is 0. The number of likely N-dealkylation sites (N-methyl/N-ethyl adjacent to an activating group) is 1. The summed E-state index contributed by atoms with van der Waals surface area (Å²) in [6.07, 6.45) is 6.49. The van der Waals surface area contributed by atoms with E-state index in [1.807, 2.05) is 47.7 Å². The maximum Gasteiger partial charge on any atom is 0.228 e. The van der Waals surface area contributed by atoms with Gasteiger partial charge in [0.15, 0.2) is 0 Å². The Morgan fingerprint density at radius 1 is 1.40 bits per heavy atom. The average Bonchev–Trinajstić information content (AvgIpc) is 2.80. The SMILES string of the molecule is CCCCN(CC)C(=O)Cc1cn2ccc(C)cc2n1. The Bertz CT molecular complexity index is 588. The minimum absolute atomic E-state index is 0.168. The molecule has 20 heavy (non-hydrogen) atoms. The molecule has 0 aromatic carbocycles. The third kappa shape index (κ3) is 3.38. The Balaban J connectivity index is 2.08. The van der Waals surface area contributed by atoms with Gasteiger partial charge in [0.25, 0.3) is 0 Å². The van der Waals surface area contributed by atoms with Crippen molar-refractivity contribution in [2.24, 2.45) is 0 Å². The monoisotopic (exact) mass is 273 g/mol. The van der Waals surface area contributed by atoms with Crippen LogP contribution in [0.5, 0.6) is 0 Å². The number of aryl methyl sites for hydroxylation is 1. The van der Waals surface area contributed by atoms with Crippen molar-refractivity contribution in [3.63, 3.8) is 0 Å². The lowest BCUT2D eigenvalue weighted by Gasteiger charge is -2.19. The molecule has 2 aromatic rings. The van der Waals surface area contributed by atoms with Crippen molar-refractivity contribution in [1.82, 2.24) is 14.3 Å². The van der Waals surface area contributed by atoms with Crippen molar-refractivity contribution in [2.75, 3.05) is 13.1 Å². The van der Waals surface area contributed by atoms with Crippen LogP contribution in [0, 0.1) is 6.92 Å². The summed E-state index contributed by atoms with van der Waals surface area (Å²) in [6, 6.07) is 4.07. The minimum Gasteiger partial charge on any atom is -0.343 e. The molecule has 0 bridgehead atoms. The number of fused-ring (bicyclic) bond motifs is 1. The molecule has 0 N–H and O–H groups in total. The highest BCUT2D eigenvalue weighted by molar-refractivity contribution is 5.78. The minimum atomic E-state index is 0.168. The fraction of sp³-hybridized carbons (Fsp3) is 0.500. The van der Waals surface area contributed by atoms with E-state index in [4.69, 9.17) is 0 Å². The zero-order valence-electron chi connectivity index (χ0n) is 12.6. The molecular weight excluding hydrogens is 250 g/mol. The first-order valence-corrected chi connectivity index (χ1v) is 7.36. The zero-order chi connectivity index (χ0) is 14.5. The number of imidazole rings is 1. The molecule has 0 aliphatic heterocycles. The van der Waals surface area contributed by atoms with E-state index in [-0.39, 0.29) is 5.91 Å². The van der Waals surface area contributed by atoms with Gasteiger partial charge in [0.05, 0.1) is 12.1 Å². The van der Waals surface area contributed by atoms with E-state index in [9.17, 15) is 4.79 Å². The van der Waals surface area contributed by atoms with Crippen LogP contribution < -0.4 is 0 Å². The Hall–Kier alpha value is -1.84. The van der Waals surface area contributed by atoms with Crippen LogP contribution in [0.1, 0.15) is 37.9 Å². The van der Waals surface area contributed by atoms with Crippen LogP contribution in [-0.2, 0) is 11.2 Å². The molecular formula is C16H23N3O. The fourth-order valence-corrected chi connectivity index (χ4v) is 2.30. The van der Waals surface area contributed by atoms with Crippen molar-refractivity contribution in [3.05, 3.63) is 35.8 Å². The van der Waals surface area contributed by atoms with E-state index < -0.39 is 0 Å². The second-order valence-corrected chi connectivity index (χ2v) is 5.21. The number of carbonyl (C=O) groups excluding carboxylic acids is 1. The molecule has 0 unspecified atom stereocenters. The second kappa shape index (κ2) is 6.55. The van der Waals surface area contributed by atoms with E-state index in [0.29, 0.717) is 6.42 Å². The summed E-state index contributed by atoms with van der Waals surface area (Å²) < 4.78 is 1.97. The van der Waals surface area contributed by atoms with Crippen molar-refractivity contribution < 1.29 is 4.79 Å². The average molecular weight is 273 g/mol. The highest BCUT2D eigenvalue weighted by Gasteiger charge is 2.13. The highest BCUT2D eigenvalue weighted by atomic mass is 16.2. The smallest absolute Gasteiger partial charge is 0.228 e. The summed E-state index contributed by atoms with van der Waals surface area (Å²) in [5, 5.41) is 0. The Morgan fingerprint density at radius 2 is 2.20 bits per heavy atom. The van der Waals surface area contributed by atoms with Gasteiger partial charge in [0.1, 0.15) is 5.65 Å². The van der Waals surface area contributed by atoms with Gasteiger partial charge in [-0.05, 0) is 38.0 Å². The van der Waals surface area contributed by atoms with Gasteiger partial charge < -0.3 is 9.30 Å². The highest BCUT2D eigenvalue weighted by Crippen LogP contribution is 2.09. The van der Waals surface area contributed by atoms with Crippen LogP contribution in [0.3, 0.4) is 0 Å². The molecule has 2 rings (SSSR count). The van der Waals surface area contributed by atoms with Crippen LogP contribution >= 0.6 is 0 Å². The van der Waals surface area contributed by atoms with E-state index in [1.165, 1.54) is 5.56 Å². The summed E-state index contributed by atoms with van der Waals surface area (Å²) in [5.74, 6) is 0.168. The van der Waals surface area contributed by atoms with Crippen molar-refractivity contribution in [2.45, 2.75) is 40.0 Å². The molecule has 4 heteroatoms. The molecule has 4 nitrogen and oxygen atoms in total. The van der Waals surface area contributed by atoms with Crippen LogP contribution in [0.25, 0.3) is 5.65 Å². The van der Waals surface area contributed by atoms with Gasteiger partial charge >= 0.3 is 0 Å². The molecule has 0 atom stereocenters. The van der Waals surface area contributed by atoms with Crippen LogP contribution in [-0.4, -0.2) is 33.3 Å². The molecule has 2 heterocycles. The van der Waals surface area contributed by atoms with Gasteiger partial charge in [0, 0.05) is 25.5 Å². The molecule has 108 valence electrons. The molecule has 0 saturated heterocycles. The third-order valence-electron chi connectivity index (χ3n) is 3.51. The maximum atomic E-state index is 12.3. The fourth-order valence-electron chi connectivity index (χ4n) is 2.30. The van der Waals surface area contributed by atoms with Crippen molar-refractivity contribution >= 4 is 11.6 Å². The van der Waals surface area contributed by atoms with E-state index in [1.54, 1.807) is 0 Å². The van der Waals surface area contributed by atoms with Gasteiger partial charge in [-0.25, -0.2) is 4.98 Å². The first-order valence-electron chi connectivity index (χ1n) is 7.36. The van der Waals surface area contributed by atoms with Gasteiger partial charge in [-0.1, -0.05) is 13.3 Å². The molecule has 0 aliphatic carbocycles. The first kappa shape index (κ1) is 14.6. The Morgan fingerprint density at radius 3 is 2.90 bits per heavy atom. The second-order valence-electron chi connectivity index (χ2n) is 5.21. The number of amides is 1. The largest absolute Gasteiger partial charge is 0.343 e. The molecule has 0 spiro atoms. The normalized spacial score (nSPS) is 10.9. The lowest BCUT2D eigenvalue weighted by atomic mass is 10.2. The van der Waals surface area contributed by atoms with Crippen molar-refractivity contribution in [3.8, 4) is 0 Å². The number of unbranched alkanes of at least 4 members (excludes halogenated alkanes) is 1. The van der Waals surface area contributed by atoms with E-state index in [2.05, 4.69) is 11.9 Å². The van der Waals surface area contributed by atoms with Crippen LogP contribution in [0.4, 0.5) is 0 Å². The van der Waals surface area contributed by atoms with Gasteiger partial charge in [-0.15, -0.1) is 0 Å². The number of carbonyl (C=O) groups is 1. The van der Waals surface area contributed by atoms with Crippen LogP contribution in [0.2, 0.25) is 0 Å².